The fourth-order valence-electron chi connectivity index (χ4n) is 2.92. The van der Waals surface area contributed by atoms with Crippen LogP contribution in [0.4, 0.5) is 11.8 Å². The van der Waals surface area contributed by atoms with Crippen molar-refractivity contribution in [1.29, 1.82) is 0 Å². The minimum atomic E-state index is 0.316. The molecule has 6 heteroatoms. The van der Waals surface area contributed by atoms with E-state index in [0.717, 1.165) is 56.8 Å². The van der Waals surface area contributed by atoms with E-state index in [1.54, 1.807) is 0 Å². The molecular weight excluding hydrogens is 268 g/mol. The van der Waals surface area contributed by atoms with Gasteiger partial charge in [0.05, 0.1) is 38.5 Å². The lowest BCUT2D eigenvalue weighted by Crippen LogP contribution is -2.46. The van der Waals surface area contributed by atoms with Gasteiger partial charge < -0.3 is 19.3 Å². The Morgan fingerprint density at radius 3 is 2.29 bits per heavy atom. The molecule has 2 aliphatic rings. The van der Waals surface area contributed by atoms with Crippen molar-refractivity contribution >= 4 is 11.8 Å². The standard InChI is InChI=1S/C15H24N4O2/c1-11-8-16-15(19-5-7-21-10-13(19)3)17-14(11)18-4-6-20-9-12(18)2/h8,12-13H,4-7,9-10H2,1-3H3. The van der Waals surface area contributed by atoms with Crippen LogP contribution in [-0.2, 0) is 9.47 Å². The number of ether oxygens (including phenoxy) is 2. The quantitative estimate of drug-likeness (QED) is 0.817. The summed E-state index contributed by atoms with van der Waals surface area (Å²) in [4.78, 5) is 13.9. The Labute approximate surface area is 126 Å². The summed E-state index contributed by atoms with van der Waals surface area (Å²) < 4.78 is 11.0. The van der Waals surface area contributed by atoms with Gasteiger partial charge in [0.15, 0.2) is 0 Å². The first kappa shape index (κ1) is 14.5. The smallest absolute Gasteiger partial charge is 0.227 e. The molecule has 0 saturated carbocycles. The molecule has 2 atom stereocenters. The van der Waals surface area contributed by atoms with Crippen molar-refractivity contribution in [3.8, 4) is 0 Å². The van der Waals surface area contributed by atoms with Crippen LogP contribution >= 0.6 is 0 Å². The van der Waals surface area contributed by atoms with Crippen LogP contribution in [0, 0.1) is 6.92 Å². The summed E-state index contributed by atoms with van der Waals surface area (Å²) in [6, 6.07) is 0.665. The van der Waals surface area contributed by atoms with Gasteiger partial charge in [0.2, 0.25) is 5.95 Å². The number of nitrogens with zero attached hydrogens (tertiary/aromatic N) is 4. The van der Waals surface area contributed by atoms with Crippen LogP contribution < -0.4 is 9.80 Å². The second-order valence-electron chi connectivity index (χ2n) is 5.91. The lowest BCUT2D eigenvalue weighted by molar-refractivity contribution is 0.0971. The average Bonchev–Trinajstić information content (AvgIpc) is 2.49. The SMILES string of the molecule is Cc1cnc(N2CCOCC2C)nc1N1CCOCC1C. The van der Waals surface area contributed by atoms with E-state index in [2.05, 4.69) is 35.6 Å². The molecule has 3 rings (SSSR count). The number of rotatable bonds is 2. The van der Waals surface area contributed by atoms with E-state index in [9.17, 15) is 0 Å². The Kier molecular flexibility index (Phi) is 4.26. The summed E-state index contributed by atoms with van der Waals surface area (Å²) >= 11 is 0. The van der Waals surface area contributed by atoms with Crippen LogP contribution in [-0.4, -0.2) is 61.6 Å². The van der Waals surface area contributed by atoms with Gasteiger partial charge in [-0.15, -0.1) is 0 Å². The molecule has 2 fully saturated rings. The van der Waals surface area contributed by atoms with E-state index in [0.29, 0.717) is 12.1 Å². The first-order valence-electron chi connectivity index (χ1n) is 7.69. The van der Waals surface area contributed by atoms with Crippen molar-refractivity contribution in [1.82, 2.24) is 9.97 Å². The van der Waals surface area contributed by atoms with Crippen molar-refractivity contribution in [2.24, 2.45) is 0 Å². The Hall–Kier alpha value is -1.40. The molecule has 0 amide bonds. The molecular formula is C15H24N4O2. The Morgan fingerprint density at radius 2 is 1.67 bits per heavy atom. The van der Waals surface area contributed by atoms with E-state index >= 15 is 0 Å². The molecule has 0 spiro atoms. The third kappa shape index (κ3) is 2.96. The van der Waals surface area contributed by atoms with Gasteiger partial charge in [-0.25, -0.2) is 4.98 Å². The highest BCUT2D eigenvalue weighted by Crippen LogP contribution is 2.24. The van der Waals surface area contributed by atoms with E-state index in [-0.39, 0.29) is 0 Å². The summed E-state index contributed by atoms with van der Waals surface area (Å²) in [5, 5.41) is 0. The van der Waals surface area contributed by atoms with Gasteiger partial charge in [0, 0.05) is 24.8 Å². The maximum absolute atomic E-state index is 5.52. The van der Waals surface area contributed by atoms with Gasteiger partial charge >= 0.3 is 0 Å². The normalized spacial score (nSPS) is 27.0. The summed E-state index contributed by atoms with van der Waals surface area (Å²) in [6.07, 6.45) is 1.93. The van der Waals surface area contributed by atoms with Crippen LogP contribution in [0.3, 0.4) is 0 Å². The Bertz CT molecular complexity index is 497. The third-order valence-corrected chi connectivity index (χ3v) is 4.20. The van der Waals surface area contributed by atoms with Crippen molar-refractivity contribution in [3.05, 3.63) is 11.8 Å². The number of aryl methyl sites for hydroxylation is 1. The average molecular weight is 292 g/mol. The first-order chi connectivity index (χ1) is 10.2. The maximum atomic E-state index is 5.52. The molecule has 3 heterocycles. The van der Waals surface area contributed by atoms with Crippen LogP contribution in [0.15, 0.2) is 6.20 Å². The molecule has 0 radical (unpaired) electrons. The maximum Gasteiger partial charge on any atom is 0.227 e. The zero-order valence-corrected chi connectivity index (χ0v) is 13.1. The lowest BCUT2D eigenvalue weighted by atomic mass is 10.2. The van der Waals surface area contributed by atoms with E-state index in [4.69, 9.17) is 14.5 Å². The first-order valence-corrected chi connectivity index (χ1v) is 7.69. The fraction of sp³-hybridized carbons (Fsp3) is 0.733. The molecule has 2 unspecified atom stereocenters. The number of hydrogen-bond donors (Lipinski definition) is 0. The van der Waals surface area contributed by atoms with Crippen LogP contribution in [0.5, 0.6) is 0 Å². The molecule has 0 aromatic carbocycles. The number of anilines is 2. The van der Waals surface area contributed by atoms with Gasteiger partial charge in [-0.1, -0.05) is 0 Å². The highest BCUT2D eigenvalue weighted by molar-refractivity contribution is 5.51. The summed E-state index contributed by atoms with van der Waals surface area (Å²) in [5.74, 6) is 1.85. The Morgan fingerprint density at radius 1 is 1.05 bits per heavy atom. The summed E-state index contributed by atoms with van der Waals surface area (Å²) in [7, 11) is 0. The topological polar surface area (TPSA) is 50.7 Å². The predicted octanol–water partition coefficient (Wildman–Crippen LogP) is 1.24. The molecule has 6 nitrogen and oxygen atoms in total. The number of morpholine rings is 2. The van der Waals surface area contributed by atoms with Crippen molar-refractivity contribution in [2.45, 2.75) is 32.9 Å². The van der Waals surface area contributed by atoms with E-state index < -0.39 is 0 Å². The van der Waals surface area contributed by atoms with Crippen molar-refractivity contribution in [3.63, 3.8) is 0 Å². The fourth-order valence-corrected chi connectivity index (χ4v) is 2.92. The van der Waals surface area contributed by atoms with Crippen LogP contribution in [0.25, 0.3) is 0 Å². The molecule has 0 aliphatic carbocycles. The van der Waals surface area contributed by atoms with E-state index in [1.807, 2.05) is 6.20 Å². The molecule has 116 valence electrons. The second kappa shape index (κ2) is 6.15. The monoisotopic (exact) mass is 292 g/mol. The molecule has 1 aromatic rings. The van der Waals surface area contributed by atoms with Crippen molar-refractivity contribution < 1.29 is 9.47 Å². The predicted molar refractivity (Wildman–Crippen MR) is 82.0 cm³/mol. The number of aromatic nitrogens is 2. The summed E-state index contributed by atoms with van der Waals surface area (Å²) in [5.41, 5.74) is 1.12. The zero-order chi connectivity index (χ0) is 14.8. The van der Waals surface area contributed by atoms with Gasteiger partial charge in [0.25, 0.3) is 0 Å². The zero-order valence-electron chi connectivity index (χ0n) is 13.1. The minimum absolute atomic E-state index is 0.316. The van der Waals surface area contributed by atoms with Gasteiger partial charge in [-0.3, -0.25) is 0 Å². The second-order valence-corrected chi connectivity index (χ2v) is 5.91. The molecule has 2 saturated heterocycles. The van der Waals surface area contributed by atoms with Gasteiger partial charge in [-0.2, -0.15) is 4.98 Å². The Balaban J connectivity index is 1.88. The third-order valence-electron chi connectivity index (χ3n) is 4.20. The summed E-state index contributed by atoms with van der Waals surface area (Å²) in [6.45, 7) is 11.1. The van der Waals surface area contributed by atoms with Gasteiger partial charge in [0.1, 0.15) is 5.82 Å². The van der Waals surface area contributed by atoms with Crippen LogP contribution in [0.1, 0.15) is 19.4 Å². The largest absolute Gasteiger partial charge is 0.377 e. The minimum Gasteiger partial charge on any atom is -0.377 e. The van der Waals surface area contributed by atoms with Crippen molar-refractivity contribution in [2.75, 3.05) is 49.3 Å². The number of hydrogen-bond acceptors (Lipinski definition) is 6. The highest BCUT2D eigenvalue weighted by atomic mass is 16.5. The molecule has 2 aliphatic heterocycles. The van der Waals surface area contributed by atoms with Crippen LogP contribution in [0.2, 0.25) is 0 Å². The molecule has 0 N–H and O–H groups in total. The van der Waals surface area contributed by atoms with E-state index in [1.165, 1.54) is 0 Å². The molecule has 21 heavy (non-hydrogen) atoms. The lowest BCUT2D eigenvalue weighted by Gasteiger charge is -2.37. The van der Waals surface area contributed by atoms with Gasteiger partial charge in [-0.05, 0) is 20.8 Å². The highest BCUT2D eigenvalue weighted by Gasteiger charge is 2.25. The molecule has 0 bridgehead atoms. The molecule has 1 aromatic heterocycles.